The third kappa shape index (κ3) is 6.14. The molecule has 0 saturated heterocycles. The van der Waals surface area contributed by atoms with Crippen molar-refractivity contribution in [2.75, 3.05) is 6.61 Å². The van der Waals surface area contributed by atoms with E-state index in [-0.39, 0.29) is 12.4 Å². The average molecular weight is 517 g/mol. The lowest BCUT2D eigenvalue weighted by molar-refractivity contribution is 0.123. The van der Waals surface area contributed by atoms with Crippen LogP contribution in [-0.4, -0.2) is 11.6 Å². The minimum Gasteiger partial charge on any atom is -0.473 e. The maximum atomic E-state index is 14.5. The highest BCUT2D eigenvalue weighted by Crippen LogP contribution is 2.24. The van der Waals surface area contributed by atoms with Gasteiger partial charge < -0.3 is 9.47 Å². The van der Waals surface area contributed by atoms with Gasteiger partial charge in [0.05, 0.1) is 17.7 Å². The molecule has 30 heavy (non-hydrogen) atoms. The summed E-state index contributed by atoms with van der Waals surface area (Å²) >= 11 is 15.1. The first-order valence-electron chi connectivity index (χ1n) is 9.08. The molecule has 0 N–H and O–H groups in total. The van der Waals surface area contributed by atoms with Crippen molar-refractivity contribution in [1.29, 1.82) is 0 Å². The molecule has 0 atom stereocenters. The first-order chi connectivity index (χ1) is 14.3. The van der Waals surface area contributed by atoms with E-state index in [2.05, 4.69) is 20.9 Å². The maximum absolute atomic E-state index is 14.5. The molecule has 3 rings (SSSR count). The van der Waals surface area contributed by atoms with Crippen LogP contribution >= 0.6 is 39.1 Å². The van der Waals surface area contributed by atoms with E-state index in [1.54, 1.807) is 30.3 Å². The molecule has 3 nitrogen and oxygen atoms in total. The van der Waals surface area contributed by atoms with Crippen LogP contribution in [0.2, 0.25) is 10.2 Å². The Balaban J connectivity index is 1.64. The summed E-state index contributed by atoms with van der Waals surface area (Å²) in [7, 11) is 0. The van der Waals surface area contributed by atoms with E-state index in [1.165, 1.54) is 12.1 Å². The number of ether oxygens (including phenoxy) is 2. The Morgan fingerprint density at radius 2 is 1.80 bits per heavy atom. The van der Waals surface area contributed by atoms with E-state index in [4.69, 9.17) is 32.7 Å². The minimum absolute atomic E-state index is 0.0182. The van der Waals surface area contributed by atoms with Crippen molar-refractivity contribution in [3.05, 3.63) is 91.0 Å². The van der Waals surface area contributed by atoms with E-state index in [9.17, 15) is 8.78 Å². The minimum atomic E-state index is -0.460. The number of halogens is 5. The number of aryl methyl sites for hydroxylation is 1. The zero-order chi connectivity index (χ0) is 21.7. The predicted octanol–water partition coefficient (Wildman–Crippen LogP) is 7.08. The smallest absolute Gasteiger partial charge is 0.214 e. The Morgan fingerprint density at radius 3 is 2.57 bits per heavy atom. The van der Waals surface area contributed by atoms with Crippen LogP contribution in [0.15, 0.2) is 46.9 Å². The summed E-state index contributed by atoms with van der Waals surface area (Å²) in [6.45, 7) is 2.44. The zero-order valence-electron chi connectivity index (χ0n) is 16.0. The predicted molar refractivity (Wildman–Crippen MR) is 117 cm³/mol. The highest BCUT2D eigenvalue weighted by Gasteiger charge is 2.13. The summed E-state index contributed by atoms with van der Waals surface area (Å²) in [6, 6.07) is 11.1. The van der Waals surface area contributed by atoms with Crippen molar-refractivity contribution in [3.63, 3.8) is 0 Å². The number of hydrogen-bond acceptors (Lipinski definition) is 3. The van der Waals surface area contributed by atoms with Gasteiger partial charge >= 0.3 is 0 Å². The molecule has 1 aromatic heterocycles. The van der Waals surface area contributed by atoms with Crippen molar-refractivity contribution in [2.24, 2.45) is 0 Å². The summed E-state index contributed by atoms with van der Waals surface area (Å²) < 4.78 is 39.8. The number of rotatable bonds is 8. The van der Waals surface area contributed by atoms with Gasteiger partial charge in [-0.25, -0.2) is 13.8 Å². The van der Waals surface area contributed by atoms with Crippen LogP contribution in [0.3, 0.4) is 0 Å². The maximum Gasteiger partial charge on any atom is 0.214 e. The van der Waals surface area contributed by atoms with Gasteiger partial charge in [-0.3, -0.25) is 0 Å². The molecule has 0 aliphatic heterocycles. The second kappa shape index (κ2) is 10.5. The number of aromatic nitrogens is 1. The fourth-order valence-electron chi connectivity index (χ4n) is 2.86. The Hall–Kier alpha value is -1.73. The molecule has 3 aromatic rings. The Bertz CT molecular complexity index is 1050. The Kier molecular flexibility index (Phi) is 8.06. The monoisotopic (exact) mass is 515 g/mol. The fraction of sp³-hybridized carbons (Fsp3) is 0.227. The summed E-state index contributed by atoms with van der Waals surface area (Å²) in [5, 5.41) is 0.589. The Labute approximate surface area is 192 Å². The van der Waals surface area contributed by atoms with Crippen LogP contribution in [-0.2, 0) is 24.4 Å². The molecule has 0 radical (unpaired) electrons. The first-order valence-corrected chi connectivity index (χ1v) is 10.6. The van der Waals surface area contributed by atoms with Gasteiger partial charge in [0.15, 0.2) is 0 Å². The summed E-state index contributed by atoms with van der Waals surface area (Å²) in [5.74, 6) is -0.473. The number of benzene rings is 2. The summed E-state index contributed by atoms with van der Waals surface area (Å²) in [5.41, 5.74) is 2.73. The summed E-state index contributed by atoms with van der Waals surface area (Å²) in [4.78, 5) is 4.04. The van der Waals surface area contributed by atoms with Gasteiger partial charge in [-0.15, -0.1) is 0 Å². The first kappa shape index (κ1) is 22.9. The standard InChI is InChI=1S/C22H18BrCl2F2NO2/c1-13-7-20(27)18(23)9-15(13)11-29-6-5-14-8-16(24)10-19(26)17(14)12-30-22-4-2-3-21(25)28-22/h2-4,7-10H,5-6,11-12H2,1H3. The number of pyridine rings is 1. The normalized spacial score (nSPS) is 11.0. The van der Waals surface area contributed by atoms with E-state index < -0.39 is 5.82 Å². The molecule has 1 heterocycles. The highest BCUT2D eigenvalue weighted by atomic mass is 79.9. The Morgan fingerprint density at radius 1 is 1.00 bits per heavy atom. The molecule has 158 valence electrons. The molecule has 8 heteroatoms. The van der Waals surface area contributed by atoms with Crippen molar-refractivity contribution in [1.82, 2.24) is 4.98 Å². The van der Waals surface area contributed by atoms with Crippen molar-refractivity contribution < 1.29 is 18.3 Å². The van der Waals surface area contributed by atoms with Crippen LogP contribution in [0.1, 0.15) is 22.3 Å². The molecule has 0 unspecified atom stereocenters. The second-order valence-corrected chi connectivity index (χ2v) is 8.29. The topological polar surface area (TPSA) is 31.4 Å². The highest BCUT2D eigenvalue weighted by molar-refractivity contribution is 9.10. The van der Waals surface area contributed by atoms with Gasteiger partial charge in [-0.1, -0.05) is 29.3 Å². The molecule has 2 aromatic carbocycles. The lowest BCUT2D eigenvalue weighted by Gasteiger charge is -2.13. The van der Waals surface area contributed by atoms with Gasteiger partial charge in [0.2, 0.25) is 5.88 Å². The molecule has 0 saturated carbocycles. The van der Waals surface area contributed by atoms with E-state index in [1.807, 2.05) is 6.92 Å². The number of nitrogens with zero attached hydrogens (tertiary/aromatic N) is 1. The van der Waals surface area contributed by atoms with E-state index >= 15 is 0 Å². The third-order valence-corrected chi connectivity index (χ3v) is 5.50. The van der Waals surface area contributed by atoms with Crippen LogP contribution in [0.4, 0.5) is 8.78 Å². The van der Waals surface area contributed by atoms with Crippen LogP contribution in [0.5, 0.6) is 5.88 Å². The fourth-order valence-corrected chi connectivity index (χ4v) is 3.64. The largest absolute Gasteiger partial charge is 0.473 e. The lowest BCUT2D eigenvalue weighted by atomic mass is 10.0. The van der Waals surface area contributed by atoms with E-state index in [0.29, 0.717) is 51.3 Å². The molecule has 0 fully saturated rings. The zero-order valence-corrected chi connectivity index (χ0v) is 19.1. The molecular formula is C22H18BrCl2F2NO2. The van der Waals surface area contributed by atoms with Crippen LogP contribution in [0, 0.1) is 18.6 Å². The molecule has 0 amide bonds. The van der Waals surface area contributed by atoms with Gasteiger partial charge in [0.25, 0.3) is 0 Å². The molecule has 0 aliphatic rings. The van der Waals surface area contributed by atoms with Crippen molar-refractivity contribution >= 4 is 39.1 Å². The summed E-state index contributed by atoms with van der Waals surface area (Å²) in [6.07, 6.45) is 0.431. The average Bonchev–Trinajstić information content (AvgIpc) is 2.68. The van der Waals surface area contributed by atoms with Gasteiger partial charge in [-0.05, 0) is 76.3 Å². The SMILES string of the molecule is Cc1cc(F)c(Br)cc1COCCc1cc(Cl)cc(F)c1COc1cccc(Cl)n1. The van der Waals surface area contributed by atoms with Crippen molar-refractivity contribution in [2.45, 2.75) is 26.6 Å². The molecular weight excluding hydrogens is 499 g/mol. The number of hydrogen-bond donors (Lipinski definition) is 0. The molecule has 0 bridgehead atoms. The van der Waals surface area contributed by atoms with Crippen molar-refractivity contribution in [3.8, 4) is 5.88 Å². The van der Waals surface area contributed by atoms with Crippen LogP contribution in [0.25, 0.3) is 0 Å². The lowest BCUT2D eigenvalue weighted by Crippen LogP contribution is -2.08. The quantitative estimate of drug-likeness (QED) is 0.237. The van der Waals surface area contributed by atoms with Gasteiger partial charge in [0.1, 0.15) is 23.4 Å². The second-order valence-electron chi connectivity index (χ2n) is 6.61. The molecule has 0 aliphatic carbocycles. The third-order valence-electron chi connectivity index (χ3n) is 4.46. The van der Waals surface area contributed by atoms with E-state index in [0.717, 1.165) is 11.1 Å². The van der Waals surface area contributed by atoms with Gasteiger partial charge in [0, 0.05) is 16.7 Å². The van der Waals surface area contributed by atoms with Gasteiger partial charge in [-0.2, -0.15) is 0 Å². The van der Waals surface area contributed by atoms with Crippen LogP contribution < -0.4 is 4.74 Å². The molecule has 0 spiro atoms.